The third-order valence-electron chi connectivity index (χ3n) is 6.09. The molecule has 1 heterocycles. The molecule has 39 heavy (non-hydrogen) atoms. The fourth-order valence-electron chi connectivity index (χ4n) is 4.16. The Morgan fingerprint density at radius 2 is 1.69 bits per heavy atom. The van der Waals surface area contributed by atoms with Crippen molar-refractivity contribution in [3.05, 3.63) is 119 Å². The Bertz CT molecular complexity index is 1360. The first-order chi connectivity index (χ1) is 18.7. The number of hydrogen-bond donors (Lipinski definition) is 1. The van der Waals surface area contributed by atoms with Crippen LogP contribution in [-0.4, -0.2) is 22.4 Å². The molecule has 0 fully saturated rings. The van der Waals surface area contributed by atoms with Gasteiger partial charge in [-0.15, -0.1) is 0 Å². The molecule has 4 aromatic rings. The van der Waals surface area contributed by atoms with E-state index in [2.05, 4.69) is 10.3 Å². The second kappa shape index (κ2) is 12.6. The highest BCUT2D eigenvalue weighted by molar-refractivity contribution is 5.92. The lowest BCUT2D eigenvalue weighted by Crippen LogP contribution is -2.27. The molecule has 0 saturated heterocycles. The van der Waals surface area contributed by atoms with Gasteiger partial charge in [-0.2, -0.15) is 13.2 Å². The van der Waals surface area contributed by atoms with Crippen LogP contribution >= 0.6 is 0 Å². The van der Waals surface area contributed by atoms with Crippen LogP contribution in [0.2, 0.25) is 0 Å². The molecule has 0 bridgehead atoms. The number of nitrogens with zero attached hydrogens (tertiary/aromatic N) is 2. The fraction of sp³-hybridized carbons (Fsp3) is 0.267. The zero-order valence-electron chi connectivity index (χ0n) is 21.7. The monoisotopic (exact) mass is 537 g/mol. The Kier molecular flexibility index (Phi) is 9.03. The van der Waals surface area contributed by atoms with Gasteiger partial charge in [-0.25, -0.2) is 4.98 Å². The number of aromatic nitrogens is 1. The van der Waals surface area contributed by atoms with E-state index in [4.69, 9.17) is 9.15 Å². The largest absolute Gasteiger partial charge is 0.494 e. The number of ether oxygens (including phenoxy) is 1. The lowest BCUT2D eigenvalue weighted by molar-refractivity contribution is -0.137. The summed E-state index contributed by atoms with van der Waals surface area (Å²) in [6.45, 7) is 5.14. The summed E-state index contributed by atoms with van der Waals surface area (Å²) in [7, 11) is 0. The maximum atomic E-state index is 13.3. The van der Waals surface area contributed by atoms with E-state index in [0.717, 1.165) is 29.0 Å². The molecular weight excluding hydrogens is 507 g/mol. The summed E-state index contributed by atoms with van der Waals surface area (Å²) in [5, 5.41) is 2.90. The van der Waals surface area contributed by atoms with Crippen LogP contribution in [0.5, 0.6) is 5.75 Å². The molecule has 0 saturated carbocycles. The highest BCUT2D eigenvalue weighted by atomic mass is 19.4. The number of halogens is 3. The van der Waals surface area contributed by atoms with Gasteiger partial charge in [0.25, 0.3) is 5.91 Å². The van der Waals surface area contributed by atoms with Gasteiger partial charge in [0.2, 0.25) is 5.89 Å². The second-order valence-electron chi connectivity index (χ2n) is 9.15. The van der Waals surface area contributed by atoms with E-state index in [1.54, 1.807) is 6.07 Å². The molecular formula is C30H30F3N3O3. The highest BCUT2D eigenvalue weighted by Gasteiger charge is 2.30. The Balaban J connectivity index is 1.50. The van der Waals surface area contributed by atoms with Gasteiger partial charge in [0, 0.05) is 13.1 Å². The summed E-state index contributed by atoms with van der Waals surface area (Å²) in [5.74, 6) is 0.640. The maximum Gasteiger partial charge on any atom is 0.416 e. The van der Waals surface area contributed by atoms with Crippen molar-refractivity contribution in [2.24, 2.45) is 0 Å². The number of alkyl halides is 3. The van der Waals surface area contributed by atoms with Crippen molar-refractivity contribution in [1.82, 2.24) is 15.2 Å². The van der Waals surface area contributed by atoms with Gasteiger partial charge in [0.15, 0.2) is 5.69 Å². The van der Waals surface area contributed by atoms with Crippen molar-refractivity contribution in [3.63, 3.8) is 0 Å². The lowest BCUT2D eigenvalue weighted by Gasteiger charge is -2.22. The zero-order chi connectivity index (χ0) is 27.8. The van der Waals surface area contributed by atoms with E-state index in [9.17, 15) is 18.0 Å². The number of hydrogen-bond acceptors (Lipinski definition) is 5. The lowest BCUT2D eigenvalue weighted by atomic mass is 10.1. The number of carbonyl (C=O) groups excluding carboxylic acids is 1. The van der Waals surface area contributed by atoms with Gasteiger partial charge in [0.1, 0.15) is 12.0 Å². The average Bonchev–Trinajstić information content (AvgIpc) is 3.39. The third kappa shape index (κ3) is 7.94. The molecule has 0 unspecified atom stereocenters. The van der Waals surface area contributed by atoms with Crippen LogP contribution in [0.1, 0.15) is 58.5 Å². The van der Waals surface area contributed by atoms with Crippen molar-refractivity contribution in [2.75, 3.05) is 6.61 Å². The number of oxazole rings is 1. The van der Waals surface area contributed by atoms with Crippen molar-refractivity contribution in [3.8, 4) is 5.75 Å². The molecule has 0 spiro atoms. The molecule has 1 amide bonds. The summed E-state index contributed by atoms with van der Waals surface area (Å²) < 4.78 is 51.0. The minimum absolute atomic E-state index is 0.132. The minimum Gasteiger partial charge on any atom is -0.494 e. The Labute approximate surface area is 225 Å². The van der Waals surface area contributed by atoms with Crippen LogP contribution in [0, 0.1) is 0 Å². The molecule has 0 aliphatic heterocycles. The van der Waals surface area contributed by atoms with E-state index in [1.807, 2.05) is 73.3 Å². The Hall–Kier alpha value is -4.11. The summed E-state index contributed by atoms with van der Waals surface area (Å²) in [4.78, 5) is 19.0. The number of nitrogens with one attached hydrogen (secondary N) is 1. The van der Waals surface area contributed by atoms with E-state index in [1.165, 1.54) is 12.3 Å². The molecule has 0 aliphatic carbocycles. The van der Waals surface area contributed by atoms with E-state index in [0.29, 0.717) is 18.7 Å². The van der Waals surface area contributed by atoms with Gasteiger partial charge < -0.3 is 14.5 Å². The quantitative estimate of drug-likeness (QED) is 0.228. The van der Waals surface area contributed by atoms with Crippen LogP contribution in [0.25, 0.3) is 0 Å². The van der Waals surface area contributed by atoms with Crippen LogP contribution in [-0.2, 0) is 25.8 Å². The smallest absolute Gasteiger partial charge is 0.416 e. The summed E-state index contributed by atoms with van der Waals surface area (Å²) in [6, 6.07) is 22.1. The van der Waals surface area contributed by atoms with Gasteiger partial charge in [-0.3, -0.25) is 9.69 Å². The van der Waals surface area contributed by atoms with Crippen LogP contribution < -0.4 is 10.1 Å². The van der Waals surface area contributed by atoms with Crippen LogP contribution in [0.3, 0.4) is 0 Å². The van der Waals surface area contributed by atoms with Crippen LogP contribution in [0.15, 0.2) is 89.5 Å². The average molecular weight is 538 g/mol. The number of amides is 1. The van der Waals surface area contributed by atoms with Crippen LogP contribution in [0.4, 0.5) is 13.2 Å². The minimum atomic E-state index is -4.43. The van der Waals surface area contributed by atoms with Gasteiger partial charge in [-0.05, 0) is 48.7 Å². The number of carbonyl (C=O) groups is 1. The molecule has 4 rings (SSSR count). The predicted octanol–water partition coefficient (Wildman–Crippen LogP) is 6.79. The topological polar surface area (TPSA) is 67.6 Å². The van der Waals surface area contributed by atoms with Crippen molar-refractivity contribution >= 4 is 5.91 Å². The zero-order valence-corrected chi connectivity index (χ0v) is 21.7. The van der Waals surface area contributed by atoms with Gasteiger partial charge >= 0.3 is 6.18 Å². The molecule has 0 radical (unpaired) electrons. The van der Waals surface area contributed by atoms with Crippen molar-refractivity contribution < 1.29 is 27.1 Å². The summed E-state index contributed by atoms with van der Waals surface area (Å²) in [6.07, 6.45) is -3.14. The van der Waals surface area contributed by atoms with E-state index < -0.39 is 11.7 Å². The first kappa shape index (κ1) is 27.9. The van der Waals surface area contributed by atoms with Crippen molar-refractivity contribution in [1.29, 1.82) is 0 Å². The van der Waals surface area contributed by atoms with E-state index in [-0.39, 0.29) is 36.6 Å². The molecule has 1 atom stereocenters. The van der Waals surface area contributed by atoms with Gasteiger partial charge in [-0.1, -0.05) is 60.7 Å². The second-order valence-corrected chi connectivity index (χ2v) is 9.15. The molecule has 204 valence electrons. The van der Waals surface area contributed by atoms with Gasteiger partial charge in [0.05, 0.1) is 24.8 Å². The van der Waals surface area contributed by atoms with Crippen molar-refractivity contribution in [2.45, 2.75) is 45.7 Å². The standard InChI is InChI=1S/C30H30F3N3O3/c1-3-38-26-14-12-22(13-15-26)17-36(18-23-8-7-11-25(16-23)30(31,32)33)19-28-35-27(20-39-28)29(37)34-21(2)24-9-5-4-6-10-24/h4-16,20-21H,3,17-19H2,1-2H3,(H,34,37)/t21-/m1/s1. The first-order valence-corrected chi connectivity index (χ1v) is 12.6. The number of benzene rings is 3. The molecule has 3 aromatic carbocycles. The fourth-order valence-corrected chi connectivity index (χ4v) is 4.16. The molecule has 1 aromatic heterocycles. The Morgan fingerprint density at radius 1 is 0.974 bits per heavy atom. The molecule has 1 N–H and O–H groups in total. The SMILES string of the molecule is CCOc1ccc(CN(Cc2cccc(C(F)(F)F)c2)Cc2nc(C(=O)N[C@H](C)c3ccccc3)co2)cc1. The van der Waals surface area contributed by atoms with E-state index >= 15 is 0 Å². The molecule has 6 nitrogen and oxygen atoms in total. The third-order valence-corrected chi connectivity index (χ3v) is 6.09. The predicted molar refractivity (Wildman–Crippen MR) is 141 cm³/mol. The number of rotatable bonds is 11. The highest BCUT2D eigenvalue weighted by Crippen LogP contribution is 2.30. The summed E-state index contributed by atoms with van der Waals surface area (Å²) >= 11 is 0. The normalized spacial score (nSPS) is 12.4. The molecule has 0 aliphatic rings. The Morgan fingerprint density at radius 3 is 2.38 bits per heavy atom. The first-order valence-electron chi connectivity index (χ1n) is 12.6. The molecule has 9 heteroatoms. The maximum absolute atomic E-state index is 13.3. The summed E-state index contributed by atoms with van der Waals surface area (Å²) in [5.41, 5.74) is 1.82.